The summed E-state index contributed by atoms with van der Waals surface area (Å²) in [6, 6.07) is 13.3. The molecule has 8 heteroatoms. The van der Waals surface area contributed by atoms with Crippen LogP contribution in [0, 0.1) is 5.82 Å². The highest BCUT2D eigenvalue weighted by atomic mass is 35.5. The minimum Gasteiger partial charge on any atom is -0.497 e. The molecule has 5 nitrogen and oxygen atoms in total. The van der Waals surface area contributed by atoms with Gasteiger partial charge in [-0.2, -0.15) is 4.37 Å². The molecule has 0 N–H and O–H groups in total. The lowest BCUT2D eigenvalue weighted by Crippen LogP contribution is -2.48. The van der Waals surface area contributed by atoms with E-state index in [1.165, 1.54) is 24.0 Å². The van der Waals surface area contributed by atoms with Gasteiger partial charge in [0.05, 0.1) is 12.1 Å². The zero-order chi connectivity index (χ0) is 27.8. The van der Waals surface area contributed by atoms with E-state index >= 15 is 4.39 Å². The molecule has 3 aromatic carbocycles. The predicted octanol–water partition coefficient (Wildman–Crippen LogP) is 8.19. The van der Waals surface area contributed by atoms with Gasteiger partial charge in [0.1, 0.15) is 16.3 Å². The van der Waals surface area contributed by atoms with E-state index in [1.54, 1.807) is 18.1 Å². The van der Waals surface area contributed by atoms with Crippen LogP contribution >= 0.6 is 23.1 Å². The number of piperazine rings is 1. The molecule has 0 spiro atoms. The first-order valence-corrected chi connectivity index (χ1v) is 14.1. The van der Waals surface area contributed by atoms with E-state index in [0.29, 0.717) is 59.0 Å². The Hall–Kier alpha value is -3.16. The lowest BCUT2D eigenvalue weighted by molar-refractivity contribution is -0.126. The Kier molecular flexibility index (Phi) is 10.5. The summed E-state index contributed by atoms with van der Waals surface area (Å²) in [6.07, 6.45) is 2.58. The highest BCUT2D eigenvalue weighted by Gasteiger charge is 2.26. The van der Waals surface area contributed by atoms with Gasteiger partial charge in [-0.25, -0.2) is 4.39 Å². The van der Waals surface area contributed by atoms with Crippen LogP contribution in [-0.2, 0) is 4.79 Å². The Morgan fingerprint density at radius 2 is 1.79 bits per heavy atom. The van der Waals surface area contributed by atoms with Gasteiger partial charge >= 0.3 is 0 Å². The second-order valence-corrected chi connectivity index (χ2v) is 9.71. The number of benzene rings is 3. The Balaban J connectivity index is 0.000000748. The van der Waals surface area contributed by atoms with Crippen molar-refractivity contribution in [2.24, 2.45) is 0 Å². The highest BCUT2D eigenvalue weighted by Crippen LogP contribution is 2.43. The largest absolute Gasteiger partial charge is 0.497 e. The van der Waals surface area contributed by atoms with Crippen LogP contribution in [0.2, 0.25) is 5.02 Å². The molecule has 2 heterocycles. The van der Waals surface area contributed by atoms with E-state index in [9.17, 15) is 4.79 Å². The second-order valence-electron chi connectivity index (χ2n) is 8.55. The van der Waals surface area contributed by atoms with E-state index in [4.69, 9.17) is 16.3 Å². The van der Waals surface area contributed by atoms with Crippen molar-refractivity contribution in [3.63, 3.8) is 0 Å². The smallest absolute Gasteiger partial charge is 0.246 e. The van der Waals surface area contributed by atoms with Gasteiger partial charge in [0.15, 0.2) is 5.82 Å². The molecule has 5 rings (SSSR count). The van der Waals surface area contributed by atoms with Crippen molar-refractivity contribution < 1.29 is 13.9 Å². The van der Waals surface area contributed by atoms with Crippen LogP contribution in [0.4, 0.5) is 9.39 Å². The van der Waals surface area contributed by atoms with Crippen molar-refractivity contribution in [1.82, 2.24) is 9.27 Å². The lowest BCUT2D eigenvalue weighted by atomic mass is 9.96. The van der Waals surface area contributed by atoms with Crippen LogP contribution in [0.15, 0.2) is 55.1 Å². The summed E-state index contributed by atoms with van der Waals surface area (Å²) < 4.78 is 25.8. The zero-order valence-electron chi connectivity index (χ0n) is 22.7. The molecule has 1 saturated heterocycles. The summed E-state index contributed by atoms with van der Waals surface area (Å²) in [6.45, 7) is 14.2. The van der Waals surface area contributed by atoms with E-state index in [0.717, 1.165) is 15.8 Å². The average Bonchev–Trinajstić information content (AvgIpc) is 3.38. The SMILES string of the molecule is C=CC(=O)N1CCN(c2snc3c(F)c(-c4cc(OC)cc5ccccc45)c(Cl)cc23)CC1.CC.CCC. The summed E-state index contributed by atoms with van der Waals surface area (Å²) in [4.78, 5) is 15.8. The molecule has 0 radical (unpaired) electrons. The Bertz CT molecular complexity index is 1410. The van der Waals surface area contributed by atoms with Crippen LogP contribution < -0.4 is 9.64 Å². The van der Waals surface area contributed by atoms with Crippen LogP contribution in [-0.4, -0.2) is 48.5 Å². The molecule has 1 aliphatic rings. The number of amides is 1. The number of nitrogens with zero attached hydrogens (tertiary/aromatic N) is 3. The number of fused-ring (bicyclic) bond motifs is 2. The summed E-state index contributed by atoms with van der Waals surface area (Å²) in [7, 11) is 1.59. The second kappa shape index (κ2) is 13.6. The van der Waals surface area contributed by atoms with Gasteiger partial charge in [-0.05, 0) is 52.1 Å². The molecular weight excluding hydrogens is 521 g/mol. The molecule has 1 aliphatic heterocycles. The van der Waals surface area contributed by atoms with E-state index < -0.39 is 5.82 Å². The molecule has 0 unspecified atom stereocenters. The molecule has 4 aromatic rings. The van der Waals surface area contributed by atoms with Crippen LogP contribution in [0.5, 0.6) is 5.75 Å². The molecule has 1 amide bonds. The minimum atomic E-state index is -0.445. The van der Waals surface area contributed by atoms with Gasteiger partial charge in [0, 0.05) is 37.1 Å². The quantitative estimate of drug-likeness (QED) is 0.238. The minimum absolute atomic E-state index is 0.0759. The fourth-order valence-corrected chi connectivity index (χ4v) is 5.54. The van der Waals surface area contributed by atoms with Crippen LogP contribution in [0.25, 0.3) is 32.8 Å². The summed E-state index contributed by atoms with van der Waals surface area (Å²) >= 11 is 7.96. The topological polar surface area (TPSA) is 45.7 Å². The monoisotopic (exact) mass is 555 g/mol. The predicted molar refractivity (Wildman–Crippen MR) is 160 cm³/mol. The maximum absolute atomic E-state index is 15.9. The van der Waals surface area contributed by atoms with Crippen molar-refractivity contribution in [3.05, 3.63) is 66.0 Å². The number of halogens is 2. The molecular formula is C30H35ClFN3O2S. The molecule has 202 valence electrons. The fourth-order valence-electron chi connectivity index (χ4n) is 4.34. The molecule has 0 bridgehead atoms. The van der Waals surface area contributed by atoms with E-state index in [-0.39, 0.29) is 5.91 Å². The summed E-state index contributed by atoms with van der Waals surface area (Å²) in [5.41, 5.74) is 1.28. The number of carbonyl (C=O) groups excluding carboxylic acids is 1. The first-order chi connectivity index (χ1) is 18.4. The summed E-state index contributed by atoms with van der Waals surface area (Å²) in [5.74, 6) is 0.108. The van der Waals surface area contributed by atoms with Gasteiger partial charge in [-0.15, -0.1) is 0 Å². The molecule has 0 saturated carbocycles. The van der Waals surface area contributed by atoms with Crippen molar-refractivity contribution in [3.8, 4) is 16.9 Å². The van der Waals surface area contributed by atoms with Crippen molar-refractivity contribution in [2.75, 3.05) is 38.2 Å². The number of hydrogen-bond donors (Lipinski definition) is 0. The number of hydrogen-bond acceptors (Lipinski definition) is 5. The molecule has 0 aliphatic carbocycles. The van der Waals surface area contributed by atoms with E-state index in [1.807, 2.05) is 50.2 Å². The van der Waals surface area contributed by atoms with Crippen LogP contribution in [0.1, 0.15) is 34.1 Å². The van der Waals surface area contributed by atoms with E-state index in [2.05, 4.69) is 29.7 Å². The Labute approximate surface area is 233 Å². The zero-order valence-corrected chi connectivity index (χ0v) is 24.3. The van der Waals surface area contributed by atoms with Gasteiger partial charge in [-0.3, -0.25) is 4.79 Å². The van der Waals surface area contributed by atoms with Crippen molar-refractivity contribution in [2.45, 2.75) is 34.1 Å². The van der Waals surface area contributed by atoms with Gasteiger partial charge in [0.25, 0.3) is 0 Å². The number of aromatic nitrogens is 1. The van der Waals surface area contributed by atoms with Gasteiger partial charge in [0.2, 0.25) is 5.91 Å². The van der Waals surface area contributed by atoms with Crippen molar-refractivity contribution in [1.29, 1.82) is 0 Å². The maximum atomic E-state index is 15.9. The molecule has 1 fully saturated rings. The lowest BCUT2D eigenvalue weighted by Gasteiger charge is -2.34. The Morgan fingerprint density at radius 1 is 1.13 bits per heavy atom. The first kappa shape index (κ1) is 29.4. The standard InChI is InChI=1S/C25H21ClFN3O2S.C3H8.C2H6/c1-3-21(31)29-8-10-30(11-9-29)25-19-14-20(26)22(23(27)24(19)28-33-25)18-13-16(32-2)12-15-6-4-5-7-17(15)18;1-3-2;1-2/h3-7,12-14H,1,8-11H2,2H3;3H2,1-2H3;1-2H3. The third-order valence-electron chi connectivity index (χ3n) is 6.04. The first-order valence-electron chi connectivity index (χ1n) is 12.9. The fraction of sp³-hybridized carbons (Fsp3) is 0.333. The average molecular weight is 556 g/mol. The number of ether oxygens (including phenoxy) is 1. The highest BCUT2D eigenvalue weighted by molar-refractivity contribution is 7.11. The number of methoxy groups -OCH3 is 1. The Morgan fingerprint density at radius 3 is 2.42 bits per heavy atom. The normalized spacial score (nSPS) is 12.9. The third-order valence-corrected chi connectivity index (χ3v) is 7.26. The number of rotatable bonds is 4. The number of anilines is 1. The number of carbonyl (C=O) groups is 1. The maximum Gasteiger partial charge on any atom is 0.246 e. The molecule has 1 aromatic heterocycles. The molecule has 38 heavy (non-hydrogen) atoms. The third kappa shape index (κ3) is 5.94. The van der Waals surface area contributed by atoms with Crippen LogP contribution in [0.3, 0.4) is 0 Å². The van der Waals surface area contributed by atoms with Gasteiger partial charge < -0.3 is 14.5 Å². The molecule has 0 atom stereocenters. The summed E-state index contributed by atoms with van der Waals surface area (Å²) in [5, 5.41) is 3.69. The van der Waals surface area contributed by atoms with Gasteiger partial charge in [-0.1, -0.05) is 76.6 Å². The van der Waals surface area contributed by atoms with Crippen molar-refractivity contribution >= 4 is 55.7 Å².